The number of aliphatic hydroxyl groups is 1. The number of esters is 1. The number of hydrogen-bond donors (Lipinski definition) is 2. The second-order valence-corrected chi connectivity index (χ2v) is 14.2. The van der Waals surface area contributed by atoms with Crippen molar-refractivity contribution in [2.75, 3.05) is 19.7 Å². The van der Waals surface area contributed by atoms with Gasteiger partial charge in [0.2, 0.25) is 17.7 Å². The molecule has 2 aromatic rings. The van der Waals surface area contributed by atoms with E-state index in [1.54, 1.807) is 17.1 Å². The number of aliphatic hydroxyl groups excluding tert-OH is 1. The van der Waals surface area contributed by atoms with E-state index in [-0.39, 0.29) is 37.9 Å². The second-order valence-electron chi connectivity index (χ2n) is 14.2. The topological polar surface area (TPSA) is 125 Å². The number of ether oxygens (including phenoxy) is 2. The fourth-order valence-corrected chi connectivity index (χ4v) is 7.78. The number of hydrogen-bond acceptors (Lipinski definition) is 7. The van der Waals surface area contributed by atoms with Gasteiger partial charge < -0.3 is 29.7 Å². The van der Waals surface area contributed by atoms with Crippen LogP contribution in [0.2, 0.25) is 0 Å². The van der Waals surface area contributed by atoms with Crippen molar-refractivity contribution >= 4 is 23.7 Å². The van der Waals surface area contributed by atoms with Gasteiger partial charge in [-0.1, -0.05) is 72.8 Å². The third-order valence-corrected chi connectivity index (χ3v) is 10.0. The summed E-state index contributed by atoms with van der Waals surface area (Å²) in [5.74, 6) is -3.48. The fraction of sp³-hybridized carbons (Fsp3) is 0.487. The van der Waals surface area contributed by atoms with Crippen LogP contribution in [-0.4, -0.2) is 87.6 Å². The molecule has 1 spiro atoms. The van der Waals surface area contributed by atoms with E-state index in [0.29, 0.717) is 31.2 Å². The number of allylic oxidation sites excluding steroid dienone is 1. The lowest BCUT2D eigenvalue weighted by molar-refractivity contribution is -0.161. The summed E-state index contributed by atoms with van der Waals surface area (Å²) in [5.41, 5.74) is -0.301. The molecule has 3 fully saturated rings. The Kier molecular flexibility index (Phi) is 11.1. The van der Waals surface area contributed by atoms with Gasteiger partial charge in [0.05, 0.1) is 37.1 Å². The highest BCUT2D eigenvalue weighted by Crippen LogP contribution is 2.59. The molecule has 2 N–H and O–H groups in total. The Hall–Kier alpha value is -4.28. The number of fused-ring (bicyclic) bond motifs is 1. The maximum absolute atomic E-state index is 14.8. The van der Waals surface area contributed by atoms with E-state index in [1.165, 1.54) is 4.90 Å². The van der Waals surface area contributed by atoms with Gasteiger partial charge in [0.15, 0.2) is 0 Å². The molecule has 0 saturated carbocycles. The largest absolute Gasteiger partial charge is 0.455 e. The van der Waals surface area contributed by atoms with E-state index in [0.717, 1.165) is 5.56 Å². The summed E-state index contributed by atoms with van der Waals surface area (Å²) < 4.78 is 12.8. The van der Waals surface area contributed by atoms with Gasteiger partial charge in [0.25, 0.3) is 0 Å². The van der Waals surface area contributed by atoms with Gasteiger partial charge in [-0.2, -0.15) is 0 Å². The molecule has 3 amide bonds. The Morgan fingerprint density at radius 2 is 1.78 bits per heavy atom. The molecule has 0 unspecified atom stereocenters. The fourth-order valence-electron chi connectivity index (χ4n) is 7.78. The van der Waals surface area contributed by atoms with Gasteiger partial charge in [-0.15, -0.1) is 13.2 Å². The number of rotatable bonds is 15. The summed E-state index contributed by atoms with van der Waals surface area (Å²) in [4.78, 5) is 59.5. The van der Waals surface area contributed by atoms with Crippen LogP contribution >= 0.6 is 0 Å². The first-order chi connectivity index (χ1) is 23.5. The van der Waals surface area contributed by atoms with Gasteiger partial charge in [-0.05, 0) is 57.6 Å². The maximum Gasteiger partial charge on any atom is 0.313 e. The average Bonchev–Trinajstić information content (AvgIpc) is 3.74. The van der Waals surface area contributed by atoms with Crippen molar-refractivity contribution in [1.29, 1.82) is 0 Å². The average molecular weight is 672 g/mol. The molecule has 3 heterocycles. The van der Waals surface area contributed by atoms with Crippen LogP contribution in [0, 0.1) is 11.8 Å². The molecule has 0 aliphatic carbocycles. The van der Waals surface area contributed by atoms with Gasteiger partial charge in [0.1, 0.15) is 17.7 Å². The van der Waals surface area contributed by atoms with E-state index in [1.807, 2.05) is 81.4 Å². The van der Waals surface area contributed by atoms with Crippen LogP contribution in [0.25, 0.3) is 0 Å². The van der Waals surface area contributed by atoms with Crippen LogP contribution in [-0.2, 0) is 35.1 Å². The lowest BCUT2D eigenvalue weighted by Gasteiger charge is -2.43. The van der Waals surface area contributed by atoms with E-state index in [2.05, 4.69) is 18.5 Å². The Bertz CT molecular complexity index is 1520. The van der Waals surface area contributed by atoms with Crippen LogP contribution in [0.15, 0.2) is 86.0 Å². The van der Waals surface area contributed by atoms with Gasteiger partial charge in [0, 0.05) is 18.5 Å². The Morgan fingerprint density at radius 3 is 2.39 bits per heavy atom. The van der Waals surface area contributed by atoms with E-state index in [9.17, 15) is 24.3 Å². The predicted molar refractivity (Wildman–Crippen MR) is 185 cm³/mol. The number of benzene rings is 2. The minimum absolute atomic E-state index is 0.0483. The second kappa shape index (κ2) is 15.1. The summed E-state index contributed by atoms with van der Waals surface area (Å²) in [6, 6.07) is 16.8. The van der Waals surface area contributed by atoms with E-state index >= 15 is 0 Å². The highest BCUT2D eigenvalue weighted by molar-refractivity contribution is 5.98. The zero-order valence-electron chi connectivity index (χ0n) is 28.8. The summed E-state index contributed by atoms with van der Waals surface area (Å²) >= 11 is 0. The Labute approximate surface area is 289 Å². The van der Waals surface area contributed by atoms with Crippen molar-refractivity contribution in [2.45, 2.75) is 88.3 Å². The van der Waals surface area contributed by atoms with E-state index in [4.69, 9.17) is 9.47 Å². The van der Waals surface area contributed by atoms with Crippen LogP contribution in [0.3, 0.4) is 0 Å². The van der Waals surface area contributed by atoms with Crippen molar-refractivity contribution in [1.82, 2.24) is 15.1 Å². The first-order valence-corrected chi connectivity index (χ1v) is 17.2. The molecule has 262 valence electrons. The normalized spacial score (nSPS) is 25.3. The molecule has 3 saturated heterocycles. The smallest absolute Gasteiger partial charge is 0.313 e. The maximum atomic E-state index is 14.8. The first kappa shape index (κ1) is 36.0. The summed E-state index contributed by atoms with van der Waals surface area (Å²) in [5, 5.41) is 13.6. The monoisotopic (exact) mass is 671 g/mol. The van der Waals surface area contributed by atoms with Crippen LogP contribution in [0.1, 0.15) is 63.7 Å². The molecule has 0 radical (unpaired) electrons. The third-order valence-electron chi connectivity index (χ3n) is 10.0. The first-order valence-electron chi connectivity index (χ1n) is 17.2. The van der Waals surface area contributed by atoms with Crippen LogP contribution in [0.5, 0.6) is 0 Å². The summed E-state index contributed by atoms with van der Waals surface area (Å²) in [6.07, 6.45) is 3.84. The quantitative estimate of drug-likeness (QED) is 0.215. The predicted octanol–water partition coefficient (Wildman–Crippen LogP) is 4.14. The molecule has 10 heteroatoms. The summed E-state index contributed by atoms with van der Waals surface area (Å²) in [6.45, 7) is 13.2. The molecular weight excluding hydrogens is 622 g/mol. The minimum Gasteiger partial charge on any atom is -0.455 e. The van der Waals surface area contributed by atoms with Crippen molar-refractivity contribution < 1.29 is 33.8 Å². The van der Waals surface area contributed by atoms with E-state index < -0.39 is 59.1 Å². The molecule has 3 aliphatic rings. The van der Waals surface area contributed by atoms with Gasteiger partial charge in [-0.25, -0.2) is 0 Å². The van der Waals surface area contributed by atoms with Crippen LogP contribution < -0.4 is 5.32 Å². The number of carbonyl (C=O) groups is 4. The zero-order chi connectivity index (χ0) is 35.3. The van der Waals surface area contributed by atoms with Crippen molar-refractivity contribution in [2.24, 2.45) is 11.8 Å². The lowest BCUT2D eigenvalue weighted by atomic mass is 9.70. The molecular formula is C39H49N3O7. The zero-order valence-corrected chi connectivity index (χ0v) is 28.8. The minimum atomic E-state index is -1.28. The molecule has 10 nitrogen and oxygen atoms in total. The highest BCUT2D eigenvalue weighted by Gasteiger charge is 2.76. The third kappa shape index (κ3) is 7.21. The molecule has 2 aromatic carbocycles. The molecule has 7 atom stereocenters. The highest BCUT2D eigenvalue weighted by atomic mass is 16.6. The number of likely N-dealkylation sites (tertiary alicyclic amines) is 1. The number of nitrogens with zero attached hydrogens (tertiary/aromatic N) is 2. The molecule has 2 bridgehead atoms. The molecule has 0 aromatic heterocycles. The van der Waals surface area contributed by atoms with Gasteiger partial charge >= 0.3 is 5.97 Å². The Balaban J connectivity index is 1.50. The SMILES string of the molecule is C=CCCC(=O)NC[C@@H](OC(=O)[C@@H]1[C@@H]2CC[C@]3(O2)[C@H](C(=O)N(CC=C)C(C)(C)C)N([C@@H](CO)Cc2ccccc2)C(=O)[C@@H]13)c1ccccc1. The van der Waals surface area contributed by atoms with Gasteiger partial charge in [-0.3, -0.25) is 19.2 Å². The van der Waals surface area contributed by atoms with Crippen molar-refractivity contribution in [3.8, 4) is 0 Å². The van der Waals surface area contributed by atoms with Crippen LogP contribution in [0.4, 0.5) is 0 Å². The standard InChI is InChI=1S/C39H49N3O7/c1-6-8-19-31(44)40-24-30(27-17-13-10-14-18-27)48-37(47)32-29-20-21-39(49-29)33(32)35(45)42(28(25-43)23-26-15-11-9-12-16-26)34(39)36(46)41(22-7-2)38(3,4)5/h6-7,9-18,28-30,32-34,43H,1-2,8,19-25H2,3-5H3,(H,40,44)/t28-,29+,30-,32-,33-,34+,39-/m1/s1. The number of carbonyl (C=O) groups excluding carboxylic acids is 4. The van der Waals surface area contributed by atoms with Crippen molar-refractivity contribution in [3.63, 3.8) is 0 Å². The number of amides is 3. The van der Waals surface area contributed by atoms with Crippen molar-refractivity contribution in [3.05, 3.63) is 97.1 Å². The molecule has 5 rings (SSSR count). The molecule has 49 heavy (non-hydrogen) atoms. The number of nitrogens with one attached hydrogen (secondary N) is 1. The Morgan fingerprint density at radius 1 is 1.10 bits per heavy atom. The summed E-state index contributed by atoms with van der Waals surface area (Å²) in [7, 11) is 0. The lowest BCUT2D eigenvalue weighted by Crippen LogP contribution is -2.61. The molecule has 3 aliphatic heterocycles.